The molecule has 2 aromatic carbocycles. The Balaban J connectivity index is 1.99. The molecule has 2 aromatic heterocycles. The van der Waals surface area contributed by atoms with Gasteiger partial charge in [-0.1, -0.05) is 18.2 Å². The minimum Gasteiger partial charge on any atom is -0.422 e. The maximum absolute atomic E-state index is 5.73. The summed E-state index contributed by atoms with van der Waals surface area (Å²) in [6, 6.07) is 13.8. The van der Waals surface area contributed by atoms with Gasteiger partial charge in [0.25, 0.3) is 0 Å². The van der Waals surface area contributed by atoms with Crippen LogP contribution < -0.4 is 5.73 Å². The molecule has 5 nitrogen and oxygen atoms in total. The second kappa shape index (κ2) is 3.58. The van der Waals surface area contributed by atoms with Crippen molar-refractivity contribution in [3.63, 3.8) is 0 Å². The predicted octanol–water partition coefficient (Wildman–Crippen LogP) is 2.75. The normalized spacial score (nSPS) is 11.4. The van der Waals surface area contributed by atoms with Gasteiger partial charge in [-0.15, -0.1) is 0 Å². The van der Waals surface area contributed by atoms with Gasteiger partial charge in [0.15, 0.2) is 5.58 Å². The van der Waals surface area contributed by atoms with Crippen molar-refractivity contribution in [1.82, 2.24) is 14.8 Å². The molecule has 19 heavy (non-hydrogen) atoms. The number of para-hydroxylation sites is 1. The zero-order valence-corrected chi connectivity index (χ0v) is 9.95. The molecule has 0 saturated heterocycles. The van der Waals surface area contributed by atoms with Crippen molar-refractivity contribution in [3.05, 3.63) is 48.7 Å². The summed E-state index contributed by atoms with van der Waals surface area (Å²) in [5, 5.41) is 5.36. The molecule has 0 unspecified atom stereocenters. The number of anilines is 1. The zero-order valence-electron chi connectivity index (χ0n) is 9.95. The molecule has 2 N–H and O–H groups in total. The van der Waals surface area contributed by atoms with Crippen molar-refractivity contribution >= 4 is 27.7 Å². The monoisotopic (exact) mass is 250 g/mol. The number of hydrogen-bond donors (Lipinski definition) is 1. The van der Waals surface area contributed by atoms with E-state index in [4.69, 9.17) is 10.2 Å². The van der Waals surface area contributed by atoms with Crippen LogP contribution in [0.5, 0.6) is 0 Å². The van der Waals surface area contributed by atoms with Gasteiger partial charge in [0, 0.05) is 17.1 Å². The van der Waals surface area contributed by atoms with E-state index in [9.17, 15) is 0 Å². The highest BCUT2D eigenvalue weighted by Gasteiger charge is 2.11. The van der Waals surface area contributed by atoms with E-state index >= 15 is 0 Å². The van der Waals surface area contributed by atoms with Gasteiger partial charge in [-0.05, 0) is 18.2 Å². The lowest BCUT2D eigenvalue weighted by molar-refractivity contribution is 0.549. The van der Waals surface area contributed by atoms with E-state index in [0.717, 1.165) is 16.4 Å². The Morgan fingerprint density at radius 2 is 2.00 bits per heavy atom. The standard InChI is InChI=1S/C14H10N4O/c15-10-5-6-11-13(7-10)19-14(17-11)18-12-4-2-1-3-9(12)8-16-18/h1-8H,15H2. The van der Waals surface area contributed by atoms with E-state index in [0.29, 0.717) is 17.3 Å². The van der Waals surface area contributed by atoms with Gasteiger partial charge in [0.1, 0.15) is 5.52 Å². The van der Waals surface area contributed by atoms with Gasteiger partial charge >= 0.3 is 6.01 Å². The molecule has 0 aliphatic rings. The van der Waals surface area contributed by atoms with Crippen LogP contribution in [0.4, 0.5) is 5.69 Å². The van der Waals surface area contributed by atoms with Crippen LogP contribution >= 0.6 is 0 Å². The molecular formula is C14H10N4O. The zero-order chi connectivity index (χ0) is 12.8. The summed E-state index contributed by atoms with van der Waals surface area (Å²) >= 11 is 0. The molecule has 0 aliphatic heterocycles. The van der Waals surface area contributed by atoms with Crippen molar-refractivity contribution in [1.29, 1.82) is 0 Å². The fourth-order valence-corrected chi connectivity index (χ4v) is 2.14. The third-order valence-electron chi connectivity index (χ3n) is 3.06. The number of nitrogens with zero attached hydrogens (tertiary/aromatic N) is 3. The number of nitrogens with two attached hydrogens (primary N) is 1. The number of hydrogen-bond acceptors (Lipinski definition) is 4. The quantitative estimate of drug-likeness (QED) is 0.527. The number of benzene rings is 2. The third-order valence-corrected chi connectivity index (χ3v) is 3.06. The molecule has 4 rings (SSSR count). The van der Waals surface area contributed by atoms with Crippen molar-refractivity contribution in [3.8, 4) is 6.01 Å². The second-order valence-electron chi connectivity index (χ2n) is 4.34. The third kappa shape index (κ3) is 1.48. The minimum absolute atomic E-state index is 0.446. The lowest BCUT2D eigenvalue weighted by atomic mass is 10.3. The number of rotatable bonds is 1. The van der Waals surface area contributed by atoms with Crippen LogP contribution in [0, 0.1) is 0 Å². The van der Waals surface area contributed by atoms with Crippen LogP contribution in [0.15, 0.2) is 53.1 Å². The molecule has 0 atom stereocenters. The summed E-state index contributed by atoms with van der Waals surface area (Å²) in [7, 11) is 0. The van der Waals surface area contributed by atoms with Crippen molar-refractivity contribution < 1.29 is 4.42 Å². The summed E-state index contributed by atoms with van der Waals surface area (Å²) in [6.07, 6.45) is 1.79. The Bertz CT molecular complexity index is 891. The summed E-state index contributed by atoms with van der Waals surface area (Å²) in [5.74, 6) is 0. The molecular weight excluding hydrogens is 240 g/mol. The Kier molecular flexibility index (Phi) is 1.91. The van der Waals surface area contributed by atoms with Gasteiger partial charge in [-0.3, -0.25) is 0 Å². The smallest absolute Gasteiger partial charge is 0.324 e. The Labute approximate surface area is 108 Å². The van der Waals surface area contributed by atoms with E-state index < -0.39 is 0 Å². The van der Waals surface area contributed by atoms with Gasteiger partial charge in [0.2, 0.25) is 0 Å². The lowest BCUT2D eigenvalue weighted by Crippen LogP contribution is -1.95. The minimum atomic E-state index is 0.446. The lowest BCUT2D eigenvalue weighted by Gasteiger charge is -1.95. The number of aromatic nitrogens is 3. The van der Waals surface area contributed by atoms with Crippen LogP contribution in [-0.2, 0) is 0 Å². The van der Waals surface area contributed by atoms with Gasteiger partial charge in [-0.25, -0.2) is 0 Å². The van der Waals surface area contributed by atoms with Crippen molar-refractivity contribution in [2.45, 2.75) is 0 Å². The van der Waals surface area contributed by atoms with Crippen molar-refractivity contribution in [2.24, 2.45) is 0 Å². The topological polar surface area (TPSA) is 69.9 Å². The Morgan fingerprint density at radius 3 is 2.95 bits per heavy atom. The highest BCUT2D eigenvalue weighted by Crippen LogP contribution is 2.23. The molecule has 0 spiro atoms. The highest BCUT2D eigenvalue weighted by atomic mass is 16.4. The van der Waals surface area contributed by atoms with Crippen molar-refractivity contribution in [2.75, 3.05) is 5.73 Å². The SMILES string of the molecule is Nc1ccc2nc(-n3ncc4ccccc43)oc2c1. The molecule has 2 heterocycles. The molecule has 0 bridgehead atoms. The molecule has 5 heteroatoms. The fourth-order valence-electron chi connectivity index (χ4n) is 2.14. The first-order valence-corrected chi connectivity index (χ1v) is 5.90. The first-order valence-electron chi connectivity index (χ1n) is 5.90. The Hall–Kier alpha value is -2.82. The van der Waals surface area contributed by atoms with Gasteiger partial charge in [0.05, 0.1) is 11.7 Å². The van der Waals surface area contributed by atoms with Gasteiger partial charge in [-0.2, -0.15) is 14.8 Å². The van der Waals surface area contributed by atoms with Crippen LogP contribution in [0.2, 0.25) is 0 Å². The first-order chi connectivity index (χ1) is 9.31. The first kappa shape index (κ1) is 10.1. The van der Waals surface area contributed by atoms with Crippen LogP contribution in [-0.4, -0.2) is 14.8 Å². The summed E-state index contributed by atoms with van der Waals surface area (Å²) in [5.41, 5.74) is 8.77. The maximum atomic E-state index is 5.73. The largest absolute Gasteiger partial charge is 0.422 e. The molecule has 92 valence electrons. The van der Waals surface area contributed by atoms with Crippen LogP contribution in [0.1, 0.15) is 0 Å². The molecule has 0 saturated carbocycles. The molecule has 0 aliphatic carbocycles. The molecule has 4 aromatic rings. The van der Waals surface area contributed by atoms with E-state index in [1.165, 1.54) is 0 Å². The second-order valence-corrected chi connectivity index (χ2v) is 4.34. The summed E-state index contributed by atoms with van der Waals surface area (Å²) < 4.78 is 7.40. The number of fused-ring (bicyclic) bond motifs is 2. The van der Waals surface area contributed by atoms with E-state index in [1.54, 1.807) is 23.0 Å². The maximum Gasteiger partial charge on any atom is 0.324 e. The van der Waals surface area contributed by atoms with E-state index in [-0.39, 0.29) is 0 Å². The van der Waals surface area contributed by atoms with Crippen LogP contribution in [0.25, 0.3) is 28.0 Å². The molecule has 0 radical (unpaired) electrons. The fraction of sp³-hybridized carbons (Fsp3) is 0. The Morgan fingerprint density at radius 1 is 1.11 bits per heavy atom. The van der Waals surface area contributed by atoms with E-state index in [2.05, 4.69) is 10.1 Å². The average Bonchev–Trinajstić information content (AvgIpc) is 3.00. The highest BCUT2D eigenvalue weighted by molar-refractivity contribution is 5.81. The number of oxazole rings is 1. The molecule has 0 fully saturated rings. The summed E-state index contributed by atoms with van der Waals surface area (Å²) in [4.78, 5) is 4.42. The van der Waals surface area contributed by atoms with Gasteiger partial charge < -0.3 is 10.2 Å². The van der Waals surface area contributed by atoms with Crippen LogP contribution in [0.3, 0.4) is 0 Å². The number of nitrogen functional groups attached to an aromatic ring is 1. The van der Waals surface area contributed by atoms with E-state index in [1.807, 2.05) is 30.3 Å². The average molecular weight is 250 g/mol. The summed E-state index contributed by atoms with van der Waals surface area (Å²) in [6.45, 7) is 0. The molecule has 0 amide bonds. The predicted molar refractivity (Wildman–Crippen MR) is 73.0 cm³/mol.